The molecule has 6 nitrogen and oxygen atoms in total. The number of nitrogens with zero attached hydrogens (tertiary/aromatic N) is 1. The summed E-state index contributed by atoms with van der Waals surface area (Å²) in [6.07, 6.45) is 0. The largest absolute Gasteiger partial charge is 0.497 e. The molecule has 1 amide bonds. The number of halogens is 1. The Hall–Kier alpha value is -3.77. The number of hydrogen-bond acceptors (Lipinski definition) is 4. The van der Waals surface area contributed by atoms with Gasteiger partial charge in [0.05, 0.1) is 12.6 Å². The van der Waals surface area contributed by atoms with Crippen molar-refractivity contribution >= 4 is 39.8 Å². The van der Waals surface area contributed by atoms with Crippen LogP contribution in [0.2, 0.25) is 5.02 Å². The van der Waals surface area contributed by atoms with E-state index in [-0.39, 0.29) is 18.0 Å². The number of benzene rings is 3. The SMILES string of the molecule is COc1ccc2cc(CNc3ccc(C)cc3)c(=O)n(CC(=O)Nc3ccc(Cl)cc3)c2c1. The molecular formula is C26H24ClN3O3. The van der Waals surface area contributed by atoms with Gasteiger partial charge in [-0.15, -0.1) is 0 Å². The molecule has 0 unspecified atom stereocenters. The van der Waals surface area contributed by atoms with Crippen LogP contribution in [0.3, 0.4) is 0 Å². The minimum atomic E-state index is -0.313. The number of carbonyl (C=O) groups is 1. The molecule has 4 rings (SSSR count). The molecule has 0 bridgehead atoms. The molecule has 3 aromatic carbocycles. The van der Waals surface area contributed by atoms with Gasteiger partial charge in [0.15, 0.2) is 0 Å². The van der Waals surface area contributed by atoms with Crippen molar-refractivity contribution in [1.29, 1.82) is 0 Å². The maximum absolute atomic E-state index is 13.4. The number of aryl methyl sites for hydroxylation is 1. The fraction of sp³-hybridized carbons (Fsp3) is 0.154. The molecule has 0 spiro atoms. The van der Waals surface area contributed by atoms with Gasteiger partial charge in [-0.2, -0.15) is 0 Å². The van der Waals surface area contributed by atoms with Crippen LogP contribution < -0.4 is 20.9 Å². The molecule has 33 heavy (non-hydrogen) atoms. The summed E-state index contributed by atoms with van der Waals surface area (Å²) in [5.74, 6) is 0.298. The number of rotatable bonds is 7. The normalized spacial score (nSPS) is 10.8. The van der Waals surface area contributed by atoms with Gasteiger partial charge in [-0.3, -0.25) is 14.2 Å². The topological polar surface area (TPSA) is 72.4 Å². The number of anilines is 2. The van der Waals surface area contributed by atoms with Gasteiger partial charge >= 0.3 is 0 Å². The fourth-order valence-corrected chi connectivity index (χ4v) is 3.69. The molecule has 7 heteroatoms. The van der Waals surface area contributed by atoms with Gasteiger partial charge in [0, 0.05) is 34.6 Å². The van der Waals surface area contributed by atoms with Crippen LogP contribution in [0.1, 0.15) is 11.1 Å². The van der Waals surface area contributed by atoms with E-state index in [0.29, 0.717) is 34.1 Å². The lowest BCUT2D eigenvalue weighted by Crippen LogP contribution is -2.30. The molecule has 168 valence electrons. The van der Waals surface area contributed by atoms with Crippen molar-refractivity contribution < 1.29 is 9.53 Å². The van der Waals surface area contributed by atoms with Crippen LogP contribution in [0.25, 0.3) is 10.9 Å². The van der Waals surface area contributed by atoms with Crippen LogP contribution in [-0.2, 0) is 17.9 Å². The van der Waals surface area contributed by atoms with Gasteiger partial charge in [0.2, 0.25) is 5.91 Å². The van der Waals surface area contributed by atoms with E-state index in [4.69, 9.17) is 16.3 Å². The van der Waals surface area contributed by atoms with Gasteiger partial charge in [-0.25, -0.2) is 0 Å². The first kappa shape index (κ1) is 22.4. The summed E-state index contributed by atoms with van der Waals surface area (Å²) in [6, 6.07) is 22.1. The van der Waals surface area contributed by atoms with E-state index in [0.717, 1.165) is 16.6 Å². The van der Waals surface area contributed by atoms with Gasteiger partial charge in [0.1, 0.15) is 12.3 Å². The number of aromatic nitrogens is 1. The van der Waals surface area contributed by atoms with Crippen LogP contribution in [0.5, 0.6) is 5.75 Å². The van der Waals surface area contributed by atoms with E-state index >= 15 is 0 Å². The zero-order valence-electron chi connectivity index (χ0n) is 18.4. The van der Waals surface area contributed by atoms with Crippen molar-refractivity contribution in [3.05, 3.63) is 99.3 Å². The number of hydrogen-bond donors (Lipinski definition) is 2. The number of methoxy groups -OCH3 is 1. The van der Waals surface area contributed by atoms with Gasteiger partial charge in [-0.1, -0.05) is 29.3 Å². The Kier molecular flexibility index (Phi) is 6.66. The predicted octanol–water partition coefficient (Wildman–Crippen LogP) is 5.22. The van der Waals surface area contributed by atoms with Crippen LogP contribution in [0.15, 0.2) is 77.6 Å². The summed E-state index contributed by atoms with van der Waals surface area (Å²) in [4.78, 5) is 26.2. The molecule has 0 aliphatic rings. The third-order valence-corrected chi connectivity index (χ3v) is 5.59. The molecule has 1 heterocycles. The van der Waals surface area contributed by atoms with E-state index in [2.05, 4.69) is 10.6 Å². The predicted molar refractivity (Wildman–Crippen MR) is 133 cm³/mol. The highest BCUT2D eigenvalue weighted by atomic mass is 35.5. The summed E-state index contributed by atoms with van der Waals surface area (Å²) in [7, 11) is 1.57. The number of pyridine rings is 1. The monoisotopic (exact) mass is 461 g/mol. The second-order valence-electron chi connectivity index (χ2n) is 7.76. The van der Waals surface area contributed by atoms with Gasteiger partial charge in [0.25, 0.3) is 5.56 Å². The van der Waals surface area contributed by atoms with E-state index in [9.17, 15) is 9.59 Å². The average molecular weight is 462 g/mol. The number of amides is 1. The number of fused-ring (bicyclic) bond motifs is 1. The van der Waals surface area contributed by atoms with E-state index < -0.39 is 0 Å². The maximum atomic E-state index is 13.4. The summed E-state index contributed by atoms with van der Waals surface area (Å²) in [5, 5.41) is 7.53. The molecule has 0 radical (unpaired) electrons. The number of ether oxygens (including phenoxy) is 1. The van der Waals surface area contributed by atoms with Crippen LogP contribution >= 0.6 is 11.6 Å². The fourth-order valence-electron chi connectivity index (χ4n) is 3.57. The van der Waals surface area contributed by atoms with Crippen molar-refractivity contribution in [2.45, 2.75) is 20.0 Å². The smallest absolute Gasteiger partial charge is 0.256 e. The van der Waals surface area contributed by atoms with Crippen LogP contribution in [0, 0.1) is 6.92 Å². The standard InChI is InChI=1S/C26H24ClN3O3/c1-17-3-8-21(9-4-17)28-15-19-13-18-5-12-23(33-2)14-24(18)30(26(19)32)16-25(31)29-22-10-6-20(27)7-11-22/h3-14,28H,15-16H2,1-2H3,(H,29,31). The second-order valence-corrected chi connectivity index (χ2v) is 8.20. The van der Waals surface area contributed by atoms with Crippen LogP contribution in [-0.4, -0.2) is 17.6 Å². The Morgan fingerprint density at radius 2 is 1.67 bits per heavy atom. The Labute approximate surface area is 196 Å². The third-order valence-electron chi connectivity index (χ3n) is 5.34. The summed E-state index contributed by atoms with van der Waals surface area (Å²) in [5.41, 5.74) is 3.64. The molecule has 0 saturated heterocycles. The first-order chi connectivity index (χ1) is 15.9. The number of nitrogens with one attached hydrogen (secondary N) is 2. The van der Waals surface area contributed by atoms with Crippen LogP contribution in [0.4, 0.5) is 11.4 Å². The van der Waals surface area contributed by atoms with Crippen molar-refractivity contribution in [2.75, 3.05) is 17.7 Å². The first-order valence-corrected chi connectivity index (χ1v) is 10.9. The summed E-state index contributed by atoms with van der Waals surface area (Å²) < 4.78 is 6.81. The van der Waals surface area contributed by atoms with E-state index in [1.54, 1.807) is 37.4 Å². The zero-order valence-corrected chi connectivity index (χ0v) is 19.1. The number of carbonyl (C=O) groups excluding carboxylic acids is 1. The summed E-state index contributed by atoms with van der Waals surface area (Å²) in [6.45, 7) is 2.22. The lowest BCUT2D eigenvalue weighted by atomic mass is 10.1. The Bertz CT molecular complexity index is 1350. The molecule has 0 fully saturated rings. The zero-order chi connectivity index (χ0) is 23.4. The maximum Gasteiger partial charge on any atom is 0.256 e. The van der Waals surface area contributed by atoms with Gasteiger partial charge < -0.3 is 15.4 Å². The molecule has 4 aromatic rings. The van der Waals surface area contributed by atoms with E-state index in [1.165, 1.54) is 4.57 Å². The Morgan fingerprint density at radius 1 is 0.970 bits per heavy atom. The highest BCUT2D eigenvalue weighted by Gasteiger charge is 2.14. The first-order valence-electron chi connectivity index (χ1n) is 10.5. The van der Waals surface area contributed by atoms with E-state index in [1.807, 2.05) is 49.4 Å². The molecule has 0 saturated carbocycles. The Balaban J connectivity index is 1.66. The van der Waals surface area contributed by atoms with Crippen molar-refractivity contribution in [3.8, 4) is 5.75 Å². The molecule has 2 N–H and O–H groups in total. The lowest BCUT2D eigenvalue weighted by molar-refractivity contribution is -0.116. The second kappa shape index (κ2) is 9.79. The molecule has 0 aliphatic heterocycles. The molecule has 1 aromatic heterocycles. The van der Waals surface area contributed by atoms with Crippen molar-refractivity contribution in [1.82, 2.24) is 4.57 Å². The average Bonchev–Trinajstić information content (AvgIpc) is 2.82. The van der Waals surface area contributed by atoms with Gasteiger partial charge in [-0.05, 0) is 66.9 Å². The molecule has 0 aliphatic carbocycles. The highest BCUT2D eigenvalue weighted by molar-refractivity contribution is 6.30. The molecule has 0 atom stereocenters. The minimum Gasteiger partial charge on any atom is -0.497 e. The quantitative estimate of drug-likeness (QED) is 0.395. The summed E-state index contributed by atoms with van der Waals surface area (Å²) >= 11 is 5.92. The third kappa shape index (κ3) is 5.35. The van der Waals surface area contributed by atoms with Crippen molar-refractivity contribution in [3.63, 3.8) is 0 Å². The lowest BCUT2D eigenvalue weighted by Gasteiger charge is -2.15. The molecular weight excluding hydrogens is 438 g/mol. The Morgan fingerprint density at radius 3 is 2.36 bits per heavy atom. The minimum absolute atomic E-state index is 0.135. The highest BCUT2D eigenvalue weighted by Crippen LogP contribution is 2.21. The van der Waals surface area contributed by atoms with Crippen molar-refractivity contribution in [2.24, 2.45) is 0 Å².